The number of nitrogens with two attached hydrogens (primary N) is 2. The van der Waals surface area contributed by atoms with Crippen LogP contribution in [0.4, 0.5) is 14.6 Å². The Kier molecular flexibility index (Phi) is 5.28. The first-order valence-corrected chi connectivity index (χ1v) is 8.45. The lowest BCUT2D eigenvalue weighted by Crippen LogP contribution is -2.46. The molecule has 1 aromatic heterocycles. The highest BCUT2D eigenvalue weighted by Gasteiger charge is 2.59. The van der Waals surface area contributed by atoms with Gasteiger partial charge < -0.3 is 26.7 Å². The predicted molar refractivity (Wildman–Crippen MR) is 93.8 cm³/mol. The van der Waals surface area contributed by atoms with Gasteiger partial charge in [-0.1, -0.05) is 0 Å². The van der Waals surface area contributed by atoms with Crippen LogP contribution in [-0.2, 0) is 9.53 Å². The normalized spacial score (nSPS) is 29.3. The molecule has 10 nitrogen and oxygen atoms in total. The smallest absolute Gasteiger partial charge is 0.351 e. The van der Waals surface area contributed by atoms with Crippen LogP contribution in [0.5, 0.6) is 0 Å². The van der Waals surface area contributed by atoms with E-state index < -0.39 is 36.0 Å². The molecular formula is C16H20F2N6O4. The molecule has 2 fully saturated rings. The number of carbonyl (C=O) groups is 1. The van der Waals surface area contributed by atoms with Crippen LogP contribution in [-0.4, -0.2) is 68.9 Å². The number of primary amides is 1. The first-order valence-electron chi connectivity index (χ1n) is 8.45. The van der Waals surface area contributed by atoms with Crippen LogP contribution in [0.1, 0.15) is 12.6 Å². The van der Waals surface area contributed by atoms with Crippen LogP contribution in [0.2, 0.25) is 0 Å². The molecule has 0 radical (unpaired) electrons. The van der Waals surface area contributed by atoms with Gasteiger partial charge in [-0.2, -0.15) is 13.8 Å². The molecule has 2 aliphatic rings. The molecule has 0 saturated carbocycles. The zero-order valence-corrected chi connectivity index (χ0v) is 14.7. The van der Waals surface area contributed by atoms with Crippen molar-refractivity contribution in [3.05, 3.63) is 34.4 Å². The average molecular weight is 398 g/mol. The summed E-state index contributed by atoms with van der Waals surface area (Å²) in [5.74, 6) is -4.51. The van der Waals surface area contributed by atoms with Gasteiger partial charge in [-0.25, -0.2) is 4.79 Å². The summed E-state index contributed by atoms with van der Waals surface area (Å²) < 4.78 is 35.0. The van der Waals surface area contributed by atoms with Gasteiger partial charge in [-0.15, -0.1) is 0 Å². The molecule has 6 N–H and O–H groups in total. The number of hydrogen-bond donors (Lipinski definition) is 4. The predicted octanol–water partition coefficient (Wildman–Crippen LogP) is -1.14. The Morgan fingerprint density at radius 3 is 2.86 bits per heavy atom. The van der Waals surface area contributed by atoms with Crippen molar-refractivity contribution >= 4 is 17.4 Å². The fraction of sp³-hybridized carbons (Fsp3) is 0.500. The van der Waals surface area contributed by atoms with Crippen LogP contribution in [0.3, 0.4) is 0 Å². The third-order valence-corrected chi connectivity index (χ3v) is 4.70. The number of nitrogens with zero attached hydrogens (tertiary/aromatic N) is 3. The van der Waals surface area contributed by atoms with E-state index in [1.807, 2.05) is 0 Å². The Morgan fingerprint density at radius 2 is 2.25 bits per heavy atom. The molecule has 1 amide bonds. The molecular weight excluding hydrogens is 378 g/mol. The molecule has 28 heavy (non-hydrogen) atoms. The number of nitrogen functional groups attached to an aromatic ring is 1. The van der Waals surface area contributed by atoms with E-state index in [4.69, 9.17) is 21.6 Å². The van der Waals surface area contributed by atoms with Crippen molar-refractivity contribution in [1.29, 1.82) is 5.41 Å². The van der Waals surface area contributed by atoms with E-state index in [0.717, 1.165) is 6.20 Å². The standard InChI is InChI=1S/C16H20F2N6O4/c17-16(18)13(26)10(28-14(16)24-4-2-11(20)22-15(24)27)7-23-3-1-8(5-12(21)25)9(19)6-23/h2,4-5,10,13-14,19,26H,1,3,6-7H2,(H2,21,25)(H2,20,22,27)/b8-5-,19-9?/t10-,13-,14-/m1/s1. The average Bonchev–Trinajstić information content (AvgIpc) is 2.81. The number of nitrogens with one attached hydrogen (secondary N) is 1. The summed E-state index contributed by atoms with van der Waals surface area (Å²) in [6, 6.07) is 1.18. The number of rotatable bonds is 4. The minimum absolute atomic E-state index is 0.0867. The SMILES string of the molecule is N=C1CN(C[C@H]2O[C@@H](n3ccc(N)nc3=O)C(F)(F)[C@@H]2O)CC/C1=C/C(N)=O. The zero-order valence-electron chi connectivity index (χ0n) is 14.7. The number of carbonyl (C=O) groups excluding carboxylic acids is 1. The van der Waals surface area contributed by atoms with Gasteiger partial charge in [0.15, 0.2) is 0 Å². The fourth-order valence-corrected chi connectivity index (χ4v) is 3.30. The number of halogens is 2. The Morgan fingerprint density at radius 1 is 1.54 bits per heavy atom. The van der Waals surface area contributed by atoms with Crippen molar-refractivity contribution in [2.24, 2.45) is 5.73 Å². The second kappa shape index (κ2) is 7.37. The molecule has 2 aliphatic heterocycles. The second-order valence-electron chi connectivity index (χ2n) is 6.72. The van der Waals surface area contributed by atoms with Gasteiger partial charge in [0.2, 0.25) is 12.1 Å². The van der Waals surface area contributed by atoms with Gasteiger partial charge in [0.1, 0.15) is 18.0 Å². The third-order valence-electron chi connectivity index (χ3n) is 4.70. The van der Waals surface area contributed by atoms with E-state index in [2.05, 4.69) is 4.98 Å². The number of hydrogen-bond acceptors (Lipinski definition) is 8. The monoisotopic (exact) mass is 398 g/mol. The Labute approximate surface area is 157 Å². The first kappa shape index (κ1) is 20.0. The molecule has 0 bridgehead atoms. The number of ether oxygens (including phenoxy) is 1. The van der Waals surface area contributed by atoms with E-state index in [9.17, 15) is 23.5 Å². The molecule has 2 saturated heterocycles. The van der Waals surface area contributed by atoms with Crippen LogP contribution in [0, 0.1) is 5.41 Å². The molecule has 0 unspecified atom stereocenters. The molecule has 0 aromatic carbocycles. The summed E-state index contributed by atoms with van der Waals surface area (Å²) in [6.07, 6.45) is -2.92. The molecule has 3 atom stereocenters. The molecule has 0 aliphatic carbocycles. The molecule has 0 spiro atoms. The van der Waals surface area contributed by atoms with Crippen molar-refractivity contribution in [1.82, 2.24) is 14.5 Å². The summed E-state index contributed by atoms with van der Waals surface area (Å²) in [7, 11) is 0. The number of amides is 1. The summed E-state index contributed by atoms with van der Waals surface area (Å²) in [4.78, 5) is 27.9. The number of likely N-dealkylation sites (tertiary alicyclic amines) is 1. The van der Waals surface area contributed by atoms with Gasteiger partial charge in [-0.05, 0) is 18.1 Å². The molecule has 12 heteroatoms. The Bertz CT molecular complexity index is 886. The van der Waals surface area contributed by atoms with E-state index in [0.29, 0.717) is 23.1 Å². The Hall–Kier alpha value is -2.70. The van der Waals surface area contributed by atoms with E-state index in [1.54, 1.807) is 4.90 Å². The maximum absolute atomic E-state index is 14.5. The summed E-state index contributed by atoms with van der Waals surface area (Å²) in [5.41, 5.74) is 10.1. The number of aliphatic hydroxyl groups excluding tert-OH is 1. The Balaban J connectivity index is 1.73. The molecule has 152 valence electrons. The first-order chi connectivity index (χ1) is 13.1. The molecule has 3 rings (SSSR count). The summed E-state index contributed by atoms with van der Waals surface area (Å²) in [6.45, 7) is 0.371. The number of alkyl halides is 2. The lowest BCUT2D eigenvalue weighted by molar-refractivity contribution is -0.140. The van der Waals surface area contributed by atoms with Gasteiger partial charge in [-0.3, -0.25) is 14.3 Å². The maximum atomic E-state index is 14.5. The van der Waals surface area contributed by atoms with Gasteiger partial charge >= 0.3 is 11.6 Å². The van der Waals surface area contributed by atoms with Crippen LogP contribution < -0.4 is 17.2 Å². The number of anilines is 1. The lowest BCUT2D eigenvalue weighted by atomic mass is 10.00. The molecule has 1 aromatic rings. The highest BCUT2D eigenvalue weighted by molar-refractivity contribution is 6.04. The van der Waals surface area contributed by atoms with Crippen LogP contribution in [0.25, 0.3) is 0 Å². The van der Waals surface area contributed by atoms with Gasteiger partial charge in [0.05, 0.1) is 0 Å². The quantitative estimate of drug-likeness (QED) is 0.466. The highest BCUT2D eigenvalue weighted by Crippen LogP contribution is 2.42. The van der Waals surface area contributed by atoms with Crippen LogP contribution in [0.15, 0.2) is 28.7 Å². The number of piperidine rings is 1. The topological polar surface area (TPSA) is 161 Å². The minimum atomic E-state index is -3.73. The van der Waals surface area contributed by atoms with E-state index in [1.165, 1.54) is 12.1 Å². The van der Waals surface area contributed by atoms with E-state index in [-0.39, 0.29) is 24.6 Å². The fourth-order valence-electron chi connectivity index (χ4n) is 3.30. The third kappa shape index (κ3) is 3.79. The summed E-state index contributed by atoms with van der Waals surface area (Å²) in [5, 5.41) is 18.0. The van der Waals surface area contributed by atoms with Crippen molar-refractivity contribution in [3.8, 4) is 0 Å². The minimum Gasteiger partial charge on any atom is -0.384 e. The van der Waals surface area contributed by atoms with Crippen molar-refractivity contribution in [2.45, 2.75) is 30.8 Å². The van der Waals surface area contributed by atoms with Gasteiger partial charge in [0, 0.05) is 37.6 Å². The van der Waals surface area contributed by atoms with Gasteiger partial charge in [0.25, 0.3) is 0 Å². The highest BCUT2D eigenvalue weighted by atomic mass is 19.3. The number of aromatic nitrogens is 2. The largest absolute Gasteiger partial charge is 0.384 e. The van der Waals surface area contributed by atoms with Crippen molar-refractivity contribution in [2.75, 3.05) is 25.4 Å². The second-order valence-corrected chi connectivity index (χ2v) is 6.72. The maximum Gasteiger partial charge on any atom is 0.351 e. The zero-order chi connectivity index (χ0) is 20.6. The lowest BCUT2D eigenvalue weighted by Gasteiger charge is -2.31. The van der Waals surface area contributed by atoms with Crippen molar-refractivity contribution in [3.63, 3.8) is 0 Å². The van der Waals surface area contributed by atoms with Crippen LogP contribution >= 0.6 is 0 Å². The molecule has 3 heterocycles. The summed E-state index contributed by atoms with van der Waals surface area (Å²) >= 11 is 0. The van der Waals surface area contributed by atoms with E-state index >= 15 is 0 Å². The number of aliphatic hydroxyl groups is 1. The van der Waals surface area contributed by atoms with Crippen molar-refractivity contribution < 1.29 is 23.4 Å².